The van der Waals surface area contributed by atoms with E-state index in [9.17, 15) is 10.1 Å². The van der Waals surface area contributed by atoms with E-state index in [-0.39, 0.29) is 12.2 Å². The molecule has 0 radical (unpaired) electrons. The molecular formula is C15H13N5O2. The van der Waals surface area contributed by atoms with Gasteiger partial charge in [-0.1, -0.05) is 41.6 Å². The zero-order chi connectivity index (χ0) is 15.5. The molecule has 1 aromatic heterocycles. The van der Waals surface area contributed by atoms with Crippen LogP contribution in [0.2, 0.25) is 0 Å². The maximum atomic E-state index is 10.9. The topological polar surface area (TPSA) is 99.9 Å². The number of nitrogens with two attached hydrogens (primary N) is 1. The first-order valence-corrected chi connectivity index (χ1v) is 6.65. The van der Waals surface area contributed by atoms with E-state index in [1.807, 2.05) is 30.3 Å². The maximum absolute atomic E-state index is 10.9. The van der Waals surface area contributed by atoms with Gasteiger partial charge < -0.3 is 5.73 Å². The summed E-state index contributed by atoms with van der Waals surface area (Å²) in [5, 5.41) is 19.1. The first kappa shape index (κ1) is 13.9. The van der Waals surface area contributed by atoms with E-state index < -0.39 is 4.92 Å². The first-order chi connectivity index (χ1) is 10.7. The Bertz CT molecular complexity index is 814. The second-order valence-corrected chi connectivity index (χ2v) is 4.64. The van der Waals surface area contributed by atoms with Crippen molar-refractivity contribution in [3.8, 4) is 16.9 Å². The molecular weight excluding hydrogens is 282 g/mol. The summed E-state index contributed by atoms with van der Waals surface area (Å²) in [6.07, 6.45) is 0. The first-order valence-electron chi connectivity index (χ1n) is 6.65. The van der Waals surface area contributed by atoms with Crippen LogP contribution in [0.25, 0.3) is 16.9 Å². The largest absolute Gasteiger partial charge is 0.325 e. The van der Waals surface area contributed by atoms with Crippen LogP contribution in [-0.2, 0) is 6.54 Å². The Hall–Kier alpha value is -3.06. The molecule has 0 aliphatic carbocycles. The maximum Gasteiger partial charge on any atom is 0.271 e. The molecule has 2 aromatic carbocycles. The van der Waals surface area contributed by atoms with Gasteiger partial charge in [0.25, 0.3) is 5.69 Å². The van der Waals surface area contributed by atoms with Crippen LogP contribution in [0.1, 0.15) is 5.69 Å². The van der Waals surface area contributed by atoms with Crippen LogP contribution in [0.4, 0.5) is 5.69 Å². The van der Waals surface area contributed by atoms with Crippen LogP contribution in [0, 0.1) is 10.1 Å². The smallest absolute Gasteiger partial charge is 0.271 e. The third kappa shape index (κ3) is 2.45. The van der Waals surface area contributed by atoms with Gasteiger partial charge in [0.15, 0.2) is 0 Å². The molecule has 0 fully saturated rings. The van der Waals surface area contributed by atoms with Crippen molar-refractivity contribution >= 4 is 5.69 Å². The molecule has 2 N–H and O–H groups in total. The van der Waals surface area contributed by atoms with E-state index in [4.69, 9.17) is 5.73 Å². The molecule has 0 spiro atoms. The average Bonchev–Trinajstić information content (AvgIpc) is 2.99. The van der Waals surface area contributed by atoms with E-state index in [0.29, 0.717) is 11.4 Å². The van der Waals surface area contributed by atoms with Crippen LogP contribution >= 0.6 is 0 Å². The molecule has 0 saturated carbocycles. The second kappa shape index (κ2) is 5.74. The van der Waals surface area contributed by atoms with Crippen LogP contribution in [0.3, 0.4) is 0 Å². The van der Waals surface area contributed by atoms with Gasteiger partial charge in [0.05, 0.1) is 16.3 Å². The summed E-state index contributed by atoms with van der Waals surface area (Å²) >= 11 is 0. The molecule has 0 amide bonds. The van der Waals surface area contributed by atoms with Gasteiger partial charge in [0, 0.05) is 24.2 Å². The van der Waals surface area contributed by atoms with Crippen molar-refractivity contribution in [2.24, 2.45) is 5.73 Å². The van der Waals surface area contributed by atoms with Crippen LogP contribution in [-0.4, -0.2) is 19.9 Å². The second-order valence-electron chi connectivity index (χ2n) is 4.64. The molecule has 110 valence electrons. The highest BCUT2D eigenvalue weighted by molar-refractivity contribution is 5.64. The molecule has 0 aliphatic rings. The lowest BCUT2D eigenvalue weighted by atomic mass is 10.1. The number of non-ortho nitro benzene ring substituents is 1. The highest BCUT2D eigenvalue weighted by atomic mass is 16.6. The van der Waals surface area contributed by atoms with Gasteiger partial charge in [-0.3, -0.25) is 10.1 Å². The minimum atomic E-state index is -0.438. The Morgan fingerprint density at radius 1 is 1.14 bits per heavy atom. The zero-order valence-electron chi connectivity index (χ0n) is 11.6. The summed E-state index contributed by atoms with van der Waals surface area (Å²) < 4.78 is 1.57. The molecule has 0 aliphatic heterocycles. The quantitative estimate of drug-likeness (QED) is 0.588. The van der Waals surface area contributed by atoms with Crippen molar-refractivity contribution in [2.75, 3.05) is 0 Å². The van der Waals surface area contributed by atoms with Crippen molar-refractivity contribution in [2.45, 2.75) is 6.54 Å². The van der Waals surface area contributed by atoms with E-state index in [1.54, 1.807) is 16.8 Å². The fourth-order valence-corrected chi connectivity index (χ4v) is 2.25. The summed E-state index contributed by atoms with van der Waals surface area (Å²) in [5.41, 5.74) is 8.58. The number of rotatable bonds is 4. The molecule has 3 rings (SSSR count). The number of nitro benzene ring substituents is 1. The minimum Gasteiger partial charge on any atom is -0.325 e. The number of hydrogen-bond acceptors (Lipinski definition) is 5. The number of nitro groups is 1. The lowest BCUT2D eigenvalue weighted by Crippen LogP contribution is -2.03. The van der Waals surface area contributed by atoms with E-state index in [0.717, 1.165) is 11.3 Å². The molecule has 0 unspecified atom stereocenters. The summed E-state index contributed by atoms with van der Waals surface area (Å²) in [6.45, 7) is 0.235. The zero-order valence-corrected chi connectivity index (χ0v) is 11.6. The molecule has 7 nitrogen and oxygen atoms in total. The normalized spacial score (nSPS) is 10.6. The number of nitrogens with zero attached hydrogens (tertiary/aromatic N) is 4. The third-order valence-electron chi connectivity index (χ3n) is 3.27. The van der Waals surface area contributed by atoms with Crippen LogP contribution in [0.15, 0.2) is 54.6 Å². The SMILES string of the molecule is NCc1nnn(-c2cccc([N+](=O)[O-])c2)c1-c1ccccc1. The Morgan fingerprint density at radius 2 is 1.91 bits per heavy atom. The summed E-state index contributed by atoms with van der Waals surface area (Å²) in [5.74, 6) is 0. The Labute approximate surface area is 126 Å². The molecule has 3 aromatic rings. The van der Waals surface area contributed by atoms with Gasteiger partial charge in [0.1, 0.15) is 5.69 Å². The summed E-state index contributed by atoms with van der Waals surface area (Å²) in [6, 6.07) is 15.8. The minimum absolute atomic E-state index is 0.00121. The standard InChI is InChI=1S/C15H13N5O2/c16-10-14-15(11-5-2-1-3-6-11)19(18-17-14)12-7-4-8-13(9-12)20(21)22/h1-9H,10,16H2. The van der Waals surface area contributed by atoms with Gasteiger partial charge in [-0.25, -0.2) is 4.68 Å². The lowest BCUT2D eigenvalue weighted by Gasteiger charge is -2.07. The Balaban J connectivity index is 2.18. The number of aromatic nitrogens is 3. The molecule has 0 saturated heterocycles. The summed E-state index contributed by atoms with van der Waals surface area (Å²) in [7, 11) is 0. The van der Waals surface area contributed by atoms with Crippen molar-refractivity contribution < 1.29 is 4.92 Å². The van der Waals surface area contributed by atoms with Crippen molar-refractivity contribution in [3.63, 3.8) is 0 Å². The predicted molar refractivity (Wildman–Crippen MR) is 81.3 cm³/mol. The van der Waals surface area contributed by atoms with E-state index >= 15 is 0 Å². The van der Waals surface area contributed by atoms with E-state index in [2.05, 4.69) is 10.3 Å². The van der Waals surface area contributed by atoms with E-state index in [1.165, 1.54) is 12.1 Å². The van der Waals surface area contributed by atoms with Gasteiger partial charge in [-0.15, -0.1) is 5.10 Å². The van der Waals surface area contributed by atoms with Gasteiger partial charge in [-0.05, 0) is 6.07 Å². The Kier molecular flexibility index (Phi) is 3.63. The van der Waals surface area contributed by atoms with Crippen molar-refractivity contribution in [3.05, 3.63) is 70.4 Å². The van der Waals surface area contributed by atoms with Crippen molar-refractivity contribution in [1.29, 1.82) is 0 Å². The third-order valence-corrected chi connectivity index (χ3v) is 3.27. The molecule has 0 atom stereocenters. The number of benzene rings is 2. The fourth-order valence-electron chi connectivity index (χ4n) is 2.25. The average molecular weight is 295 g/mol. The fraction of sp³-hybridized carbons (Fsp3) is 0.0667. The highest BCUT2D eigenvalue weighted by Crippen LogP contribution is 2.26. The van der Waals surface area contributed by atoms with Crippen molar-refractivity contribution in [1.82, 2.24) is 15.0 Å². The molecule has 7 heteroatoms. The summed E-state index contributed by atoms with van der Waals surface area (Å²) in [4.78, 5) is 10.5. The lowest BCUT2D eigenvalue weighted by molar-refractivity contribution is -0.384. The van der Waals surface area contributed by atoms with Crippen LogP contribution in [0.5, 0.6) is 0 Å². The predicted octanol–water partition coefficient (Wildman–Crippen LogP) is 2.30. The molecule has 22 heavy (non-hydrogen) atoms. The highest BCUT2D eigenvalue weighted by Gasteiger charge is 2.16. The molecule has 0 bridgehead atoms. The van der Waals surface area contributed by atoms with Gasteiger partial charge in [0.2, 0.25) is 0 Å². The number of hydrogen-bond donors (Lipinski definition) is 1. The molecule has 1 heterocycles. The monoisotopic (exact) mass is 295 g/mol. The van der Waals surface area contributed by atoms with Crippen LogP contribution < -0.4 is 5.73 Å². The van der Waals surface area contributed by atoms with Gasteiger partial charge in [-0.2, -0.15) is 0 Å². The van der Waals surface area contributed by atoms with Gasteiger partial charge >= 0.3 is 0 Å². The Morgan fingerprint density at radius 3 is 2.59 bits per heavy atom.